The summed E-state index contributed by atoms with van der Waals surface area (Å²) in [7, 11) is 3.14. The molecule has 0 N–H and O–H groups in total. The Morgan fingerprint density at radius 3 is 2.73 bits per heavy atom. The van der Waals surface area contributed by atoms with Crippen LogP contribution in [0.4, 0.5) is 4.39 Å². The predicted octanol–water partition coefficient (Wildman–Crippen LogP) is 3.06. The van der Waals surface area contributed by atoms with Crippen LogP contribution >= 0.6 is 0 Å². The first-order valence-corrected chi connectivity index (χ1v) is 10.3. The second kappa shape index (κ2) is 10.7. The van der Waals surface area contributed by atoms with Gasteiger partial charge in [0.15, 0.2) is 0 Å². The molecule has 1 aromatic heterocycles. The van der Waals surface area contributed by atoms with Crippen LogP contribution in [0.15, 0.2) is 40.8 Å². The number of likely N-dealkylation sites (tertiary alicyclic amines) is 1. The molecule has 3 rings (SSSR count). The van der Waals surface area contributed by atoms with E-state index in [2.05, 4.69) is 4.90 Å². The molecule has 2 aromatic rings. The van der Waals surface area contributed by atoms with E-state index in [1.807, 2.05) is 25.1 Å². The highest BCUT2D eigenvalue weighted by Gasteiger charge is 2.36. The quantitative estimate of drug-likeness (QED) is 0.594. The van der Waals surface area contributed by atoms with Gasteiger partial charge in [-0.15, -0.1) is 0 Å². The molecule has 1 aliphatic rings. The van der Waals surface area contributed by atoms with Crippen LogP contribution in [0.3, 0.4) is 0 Å². The summed E-state index contributed by atoms with van der Waals surface area (Å²) >= 11 is 0. The number of furan rings is 1. The fraction of sp³-hybridized carbons (Fsp3) is 0.522. The molecular weight excluding hydrogens is 387 g/mol. The molecule has 1 aliphatic heterocycles. The maximum atomic E-state index is 13.9. The van der Waals surface area contributed by atoms with Crippen molar-refractivity contribution in [2.45, 2.75) is 19.4 Å². The van der Waals surface area contributed by atoms with Crippen LogP contribution in [0.25, 0.3) is 0 Å². The van der Waals surface area contributed by atoms with E-state index in [9.17, 15) is 9.18 Å². The second-order valence-electron chi connectivity index (χ2n) is 7.89. The number of nitrogens with zero attached hydrogens (tertiary/aromatic N) is 2. The van der Waals surface area contributed by atoms with Crippen LogP contribution in [-0.4, -0.2) is 69.3 Å². The van der Waals surface area contributed by atoms with Gasteiger partial charge in [-0.1, -0.05) is 12.1 Å². The Morgan fingerprint density at radius 2 is 2.07 bits per heavy atom. The van der Waals surface area contributed by atoms with Crippen LogP contribution < -0.4 is 0 Å². The van der Waals surface area contributed by atoms with E-state index in [-0.39, 0.29) is 30.2 Å². The van der Waals surface area contributed by atoms with Crippen LogP contribution in [0.2, 0.25) is 0 Å². The number of aryl methyl sites for hydroxylation is 1. The van der Waals surface area contributed by atoms with Gasteiger partial charge in [-0.25, -0.2) is 4.39 Å². The summed E-state index contributed by atoms with van der Waals surface area (Å²) in [5.41, 5.74) is 0.962. The number of ether oxygens (including phenoxy) is 2. The zero-order valence-corrected chi connectivity index (χ0v) is 18.0. The number of methoxy groups -OCH3 is 2. The molecule has 0 saturated carbocycles. The van der Waals surface area contributed by atoms with Crippen LogP contribution in [0.5, 0.6) is 0 Å². The Labute approximate surface area is 177 Å². The van der Waals surface area contributed by atoms with E-state index in [4.69, 9.17) is 13.9 Å². The van der Waals surface area contributed by atoms with Gasteiger partial charge in [0.05, 0.1) is 13.2 Å². The van der Waals surface area contributed by atoms with E-state index in [1.165, 1.54) is 13.2 Å². The smallest absolute Gasteiger partial charge is 0.248 e. The monoisotopic (exact) mass is 418 g/mol. The molecule has 2 heterocycles. The molecule has 1 fully saturated rings. The topological polar surface area (TPSA) is 55.2 Å². The van der Waals surface area contributed by atoms with Crippen LogP contribution in [0, 0.1) is 18.7 Å². The largest absolute Gasteiger partial charge is 0.465 e. The van der Waals surface area contributed by atoms with E-state index in [0.717, 1.165) is 30.2 Å². The predicted molar refractivity (Wildman–Crippen MR) is 112 cm³/mol. The molecule has 1 saturated heterocycles. The van der Waals surface area contributed by atoms with Crippen molar-refractivity contribution in [3.63, 3.8) is 0 Å². The minimum absolute atomic E-state index is 0.0381. The third-order valence-corrected chi connectivity index (χ3v) is 5.61. The van der Waals surface area contributed by atoms with Crippen molar-refractivity contribution in [3.05, 3.63) is 59.3 Å². The second-order valence-corrected chi connectivity index (χ2v) is 7.89. The number of hydrogen-bond donors (Lipinski definition) is 0. The zero-order valence-electron chi connectivity index (χ0n) is 18.0. The molecule has 0 aliphatic carbocycles. The first-order chi connectivity index (χ1) is 14.5. The van der Waals surface area contributed by atoms with E-state index in [1.54, 1.807) is 24.1 Å². The van der Waals surface area contributed by atoms with Crippen LogP contribution in [0.1, 0.15) is 23.0 Å². The van der Waals surface area contributed by atoms with Gasteiger partial charge in [0.25, 0.3) is 0 Å². The average molecular weight is 419 g/mol. The molecule has 2 atom stereocenters. The molecule has 7 heteroatoms. The van der Waals surface area contributed by atoms with Gasteiger partial charge >= 0.3 is 0 Å². The minimum Gasteiger partial charge on any atom is -0.465 e. The number of carbonyl (C=O) groups is 1. The molecule has 1 amide bonds. The molecule has 6 nitrogen and oxygen atoms in total. The molecule has 164 valence electrons. The molecule has 0 spiro atoms. The maximum Gasteiger partial charge on any atom is 0.248 e. The summed E-state index contributed by atoms with van der Waals surface area (Å²) in [6, 6.07) is 10.7. The lowest BCUT2D eigenvalue weighted by molar-refractivity contribution is -0.136. The summed E-state index contributed by atoms with van der Waals surface area (Å²) in [5, 5.41) is 0. The Bertz CT molecular complexity index is 825. The van der Waals surface area contributed by atoms with Crippen molar-refractivity contribution in [1.82, 2.24) is 9.80 Å². The van der Waals surface area contributed by atoms with Gasteiger partial charge in [-0.3, -0.25) is 9.69 Å². The summed E-state index contributed by atoms with van der Waals surface area (Å²) < 4.78 is 29.9. The van der Waals surface area contributed by atoms with E-state index >= 15 is 0 Å². The van der Waals surface area contributed by atoms with Crippen molar-refractivity contribution in [1.29, 1.82) is 0 Å². The summed E-state index contributed by atoms with van der Waals surface area (Å²) in [6.45, 7) is 5.78. The van der Waals surface area contributed by atoms with Crippen molar-refractivity contribution in [2.24, 2.45) is 5.92 Å². The molecule has 0 bridgehead atoms. The van der Waals surface area contributed by atoms with Gasteiger partial charge in [0.2, 0.25) is 5.91 Å². The minimum atomic E-state index is -0.238. The first-order valence-electron chi connectivity index (χ1n) is 10.3. The Morgan fingerprint density at radius 1 is 1.23 bits per heavy atom. The Balaban J connectivity index is 1.78. The van der Waals surface area contributed by atoms with E-state index in [0.29, 0.717) is 26.2 Å². The number of rotatable bonds is 10. The lowest BCUT2D eigenvalue weighted by Gasteiger charge is -2.28. The fourth-order valence-corrected chi connectivity index (χ4v) is 4.20. The number of halogens is 1. The lowest BCUT2D eigenvalue weighted by Crippen LogP contribution is -2.41. The molecule has 1 aromatic carbocycles. The number of amides is 1. The lowest BCUT2D eigenvalue weighted by atomic mass is 9.88. The maximum absolute atomic E-state index is 13.9. The molecular formula is C23H31FN2O4. The first kappa shape index (κ1) is 22.5. The number of benzene rings is 1. The van der Waals surface area contributed by atoms with Crippen molar-refractivity contribution in [3.8, 4) is 0 Å². The third-order valence-electron chi connectivity index (χ3n) is 5.61. The van der Waals surface area contributed by atoms with Gasteiger partial charge in [-0.05, 0) is 42.7 Å². The SMILES string of the molecule is COCCN(C[C@H]1CN(Cc2ccc(C)o2)C[C@@H]1c1cccc(F)c1)C(=O)COC. The fourth-order valence-electron chi connectivity index (χ4n) is 4.20. The van der Waals surface area contributed by atoms with Crippen molar-refractivity contribution < 1.29 is 23.1 Å². The zero-order chi connectivity index (χ0) is 21.5. The Hall–Kier alpha value is -2.22. The van der Waals surface area contributed by atoms with Crippen molar-refractivity contribution in [2.75, 3.05) is 53.6 Å². The summed E-state index contributed by atoms with van der Waals surface area (Å²) in [4.78, 5) is 16.7. The van der Waals surface area contributed by atoms with Gasteiger partial charge in [0, 0.05) is 46.3 Å². The van der Waals surface area contributed by atoms with Gasteiger partial charge in [-0.2, -0.15) is 0 Å². The molecule has 30 heavy (non-hydrogen) atoms. The third kappa shape index (κ3) is 5.90. The van der Waals surface area contributed by atoms with Gasteiger partial charge in [0.1, 0.15) is 23.9 Å². The highest BCUT2D eigenvalue weighted by atomic mass is 19.1. The highest BCUT2D eigenvalue weighted by molar-refractivity contribution is 5.77. The summed E-state index contributed by atoms with van der Waals surface area (Å²) in [5.74, 6) is 1.79. The van der Waals surface area contributed by atoms with Crippen LogP contribution in [-0.2, 0) is 20.8 Å². The average Bonchev–Trinajstić information content (AvgIpc) is 3.31. The summed E-state index contributed by atoms with van der Waals surface area (Å²) in [6.07, 6.45) is 0. The standard InChI is InChI=1S/C23H31FN2O4/c1-17-7-8-21(30-17)14-25-12-19(13-26(9-10-28-2)23(27)16-29-3)22(15-25)18-5-4-6-20(24)11-18/h4-8,11,19,22H,9-10,12-16H2,1-3H3/t19-,22-/m1/s1. The normalized spacial score (nSPS) is 19.3. The van der Waals surface area contributed by atoms with E-state index < -0.39 is 0 Å². The Kier molecular flexibility index (Phi) is 8.01. The highest BCUT2D eigenvalue weighted by Crippen LogP contribution is 2.34. The van der Waals surface area contributed by atoms with Gasteiger partial charge < -0.3 is 18.8 Å². The molecule has 0 radical (unpaired) electrons. The van der Waals surface area contributed by atoms with Crippen molar-refractivity contribution >= 4 is 5.91 Å². The number of hydrogen-bond acceptors (Lipinski definition) is 5. The number of carbonyl (C=O) groups excluding carboxylic acids is 1. The molecule has 0 unspecified atom stereocenters.